The fraction of sp³-hybridized carbons (Fsp3) is 0.300. The highest BCUT2D eigenvalue weighted by molar-refractivity contribution is 9.10. The molecule has 1 unspecified atom stereocenters. The Morgan fingerprint density at radius 3 is 3.00 bits per heavy atom. The average molecular weight is 289 g/mol. The van der Waals surface area contributed by atoms with Gasteiger partial charge in [-0.3, -0.25) is 4.99 Å². The van der Waals surface area contributed by atoms with Crippen molar-refractivity contribution in [2.45, 2.75) is 12.2 Å². The van der Waals surface area contributed by atoms with Crippen LogP contribution >= 0.6 is 27.7 Å². The lowest BCUT2D eigenvalue weighted by Gasteiger charge is -2.06. The van der Waals surface area contributed by atoms with Crippen LogP contribution in [0.1, 0.15) is 6.92 Å². The topological polar surface area (TPSA) is 24.4 Å². The van der Waals surface area contributed by atoms with Gasteiger partial charge >= 0.3 is 0 Å². The Balaban J connectivity index is 2.08. The number of nitrogens with one attached hydrogen (secondary N) is 1. The summed E-state index contributed by atoms with van der Waals surface area (Å²) in [4.78, 5) is 4.30. The van der Waals surface area contributed by atoms with Gasteiger partial charge in [-0.15, -0.1) is 0 Å². The summed E-state index contributed by atoms with van der Waals surface area (Å²) in [5.74, 6) is -0.267. The lowest BCUT2D eigenvalue weighted by molar-refractivity contribution is 0.622. The van der Waals surface area contributed by atoms with Crippen molar-refractivity contribution in [3.05, 3.63) is 28.5 Å². The van der Waals surface area contributed by atoms with E-state index in [2.05, 4.69) is 33.2 Å². The zero-order valence-corrected chi connectivity index (χ0v) is 10.5. The van der Waals surface area contributed by atoms with Crippen molar-refractivity contribution in [1.29, 1.82) is 0 Å². The molecule has 0 aliphatic carbocycles. The summed E-state index contributed by atoms with van der Waals surface area (Å²) < 4.78 is 13.7. The molecule has 0 spiro atoms. The molecule has 80 valence electrons. The number of hydrogen-bond donors (Lipinski definition) is 1. The van der Waals surface area contributed by atoms with Crippen molar-refractivity contribution in [1.82, 2.24) is 0 Å². The minimum atomic E-state index is -0.267. The zero-order chi connectivity index (χ0) is 10.8. The van der Waals surface area contributed by atoms with Crippen LogP contribution in [0.5, 0.6) is 0 Å². The van der Waals surface area contributed by atoms with Gasteiger partial charge in [0.15, 0.2) is 5.17 Å². The summed E-state index contributed by atoms with van der Waals surface area (Å²) in [6.45, 7) is 2.94. The predicted octanol–water partition coefficient (Wildman–Crippen LogP) is 3.49. The van der Waals surface area contributed by atoms with Crippen LogP contribution < -0.4 is 5.32 Å². The number of rotatable bonds is 1. The van der Waals surface area contributed by atoms with Gasteiger partial charge in [0.05, 0.1) is 11.0 Å². The molecule has 1 N–H and O–H groups in total. The highest BCUT2D eigenvalue weighted by Crippen LogP contribution is 2.24. The number of thioether (sulfide) groups is 1. The first kappa shape index (κ1) is 11.0. The lowest BCUT2D eigenvalue weighted by atomic mass is 10.3. The average Bonchev–Trinajstić information content (AvgIpc) is 2.58. The number of aliphatic imine (C=N–C) groups is 1. The van der Waals surface area contributed by atoms with Crippen LogP contribution in [0.4, 0.5) is 10.1 Å². The summed E-state index contributed by atoms with van der Waals surface area (Å²) in [5.41, 5.74) is 0.732. The van der Waals surface area contributed by atoms with Crippen molar-refractivity contribution in [3.63, 3.8) is 0 Å². The highest BCUT2D eigenvalue weighted by atomic mass is 79.9. The molecule has 0 saturated heterocycles. The molecule has 0 amide bonds. The molecule has 2 nitrogen and oxygen atoms in total. The summed E-state index contributed by atoms with van der Waals surface area (Å²) in [6.07, 6.45) is 0. The minimum absolute atomic E-state index is 0.267. The number of nitrogens with zero attached hydrogens (tertiary/aromatic N) is 1. The van der Waals surface area contributed by atoms with Crippen LogP contribution in [-0.4, -0.2) is 17.0 Å². The molecule has 0 fully saturated rings. The Hall–Kier alpha value is -0.550. The number of halogens is 2. The Morgan fingerprint density at radius 2 is 2.40 bits per heavy atom. The van der Waals surface area contributed by atoms with Crippen LogP contribution in [-0.2, 0) is 0 Å². The fourth-order valence-electron chi connectivity index (χ4n) is 1.24. The third-order valence-electron chi connectivity index (χ3n) is 1.98. The number of anilines is 1. The Labute approximate surface area is 100 Å². The van der Waals surface area contributed by atoms with E-state index in [4.69, 9.17) is 0 Å². The largest absolute Gasteiger partial charge is 0.335 e. The monoisotopic (exact) mass is 288 g/mol. The van der Waals surface area contributed by atoms with Crippen LogP contribution in [0, 0.1) is 5.82 Å². The molecule has 1 aromatic rings. The van der Waals surface area contributed by atoms with Crippen LogP contribution in [0.2, 0.25) is 0 Å². The van der Waals surface area contributed by atoms with Crippen molar-refractivity contribution in [2.75, 3.05) is 11.9 Å². The molecular weight excluding hydrogens is 279 g/mol. The molecule has 0 radical (unpaired) electrons. The SMILES string of the molecule is CC1CN=C(Nc2ccc(Br)c(F)c2)S1. The number of amidine groups is 1. The summed E-state index contributed by atoms with van der Waals surface area (Å²) in [5, 5.41) is 4.46. The van der Waals surface area contributed by atoms with Crippen molar-refractivity contribution in [2.24, 2.45) is 4.99 Å². The summed E-state index contributed by atoms with van der Waals surface area (Å²) >= 11 is 4.79. The third-order valence-corrected chi connectivity index (χ3v) is 3.62. The molecule has 1 heterocycles. The van der Waals surface area contributed by atoms with Gasteiger partial charge in [0.1, 0.15) is 5.82 Å². The molecule has 2 rings (SSSR count). The van der Waals surface area contributed by atoms with Crippen molar-refractivity contribution < 1.29 is 4.39 Å². The minimum Gasteiger partial charge on any atom is -0.335 e. The molecule has 1 atom stereocenters. The standard InChI is InChI=1S/C10H10BrFN2S/c1-6-5-13-10(15-6)14-7-2-3-8(11)9(12)4-7/h2-4,6H,5H2,1H3,(H,13,14). The van der Waals surface area contributed by atoms with E-state index in [9.17, 15) is 4.39 Å². The van der Waals surface area contributed by atoms with E-state index >= 15 is 0 Å². The first-order chi connectivity index (χ1) is 7.15. The van der Waals surface area contributed by atoms with E-state index in [0.717, 1.165) is 17.4 Å². The van der Waals surface area contributed by atoms with Crippen LogP contribution in [0.3, 0.4) is 0 Å². The molecule has 0 saturated carbocycles. The predicted molar refractivity (Wildman–Crippen MR) is 67.1 cm³/mol. The van der Waals surface area contributed by atoms with Gasteiger partial charge in [-0.2, -0.15) is 0 Å². The van der Waals surface area contributed by atoms with Crippen LogP contribution in [0.15, 0.2) is 27.7 Å². The van der Waals surface area contributed by atoms with Crippen molar-refractivity contribution in [3.8, 4) is 0 Å². The Bertz CT molecular complexity index is 408. The second-order valence-electron chi connectivity index (χ2n) is 3.33. The molecule has 5 heteroatoms. The smallest absolute Gasteiger partial charge is 0.161 e. The van der Waals surface area contributed by atoms with E-state index < -0.39 is 0 Å². The Kier molecular flexibility index (Phi) is 3.31. The first-order valence-corrected chi connectivity index (χ1v) is 6.25. The lowest BCUT2D eigenvalue weighted by Crippen LogP contribution is -2.06. The summed E-state index contributed by atoms with van der Waals surface area (Å²) in [6, 6.07) is 4.96. The maximum absolute atomic E-state index is 13.2. The first-order valence-electron chi connectivity index (χ1n) is 4.58. The van der Waals surface area contributed by atoms with Gasteiger partial charge in [0.2, 0.25) is 0 Å². The molecule has 15 heavy (non-hydrogen) atoms. The zero-order valence-electron chi connectivity index (χ0n) is 8.13. The second-order valence-corrected chi connectivity index (χ2v) is 5.61. The van der Waals surface area contributed by atoms with E-state index in [1.54, 1.807) is 17.8 Å². The fourth-order valence-corrected chi connectivity index (χ4v) is 2.35. The molecule has 0 bridgehead atoms. The van der Waals surface area contributed by atoms with E-state index in [0.29, 0.717) is 9.72 Å². The maximum atomic E-state index is 13.2. The molecule has 1 aliphatic rings. The quantitative estimate of drug-likeness (QED) is 0.855. The molecule has 0 aromatic heterocycles. The van der Waals surface area contributed by atoms with Crippen LogP contribution in [0.25, 0.3) is 0 Å². The van der Waals surface area contributed by atoms with Gasteiger partial charge in [-0.05, 0) is 34.1 Å². The molecule has 1 aromatic carbocycles. The third kappa shape index (κ3) is 2.72. The second kappa shape index (κ2) is 4.53. The van der Waals surface area contributed by atoms with Gasteiger partial charge < -0.3 is 5.32 Å². The normalized spacial score (nSPS) is 20.2. The van der Waals surface area contributed by atoms with Gasteiger partial charge in [0, 0.05) is 10.9 Å². The Morgan fingerprint density at radius 1 is 1.60 bits per heavy atom. The molecular formula is C10H10BrFN2S. The molecule has 1 aliphatic heterocycles. The summed E-state index contributed by atoms with van der Waals surface area (Å²) in [7, 11) is 0. The van der Waals surface area contributed by atoms with E-state index in [-0.39, 0.29) is 5.82 Å². The van der Waals surface area contributed by atoms with Crippen molar-refractivity contribution >= 4 is 38.5 Å². The number of benzene rings is 1. The van der Waals surface area contributed by atoms with Gasteiger partial charge in [-0.1, -0.05) is 18.7 Å². The maximum Gasteiger partial charge on any atom is 0.161 e. The number of hydrogen-bond acceptors (Lipinski definition) is 3. The van der Waals surface area contributed by atoms with Gasteiger partial charge in [0.25, 0.3) is 0 Å². The highest BCUT2D eigenvalue weighted by Gasteiger charge is 2.15. The van der Waals surface area contributed by atoms with E-state index in [1.807, 2.05) is 6.07 Å². The van der Waals surface area contributed by atoms with Gasteiger partial charge in [-0.25, -0.2) is 4.39 Å². The van der Waals surface area contributed by atoms with E-state index in [1.165, 1.54) is 6.07 Å².